The van der Waals surface area contributed by atoms with Crippen LogP contribution in [-0.2, 0) is 30.5 Å². The Labute approximate surface area is 314 Å². The van der Waals surface area contributed by atoms with Crippen molar-refractivity contribution in [1.82, 2.24) is 16.0 Å². The number of rotatable bonds is 6. The molecule has 0 saturated carbocycles. The number of guanidine groups is 1. The number of ether oxygens (including phenoxy) is 3. The van der Waals surface area contributed by atoms with Crippen LogP contribution in [0.5, 0.6) is 23.0 Å². The summed E-state index contributed by atoms with van der Waals surface area (Å²) in [5.41, 5.74) is 4.04. The second-order valence-corrected chi connectivity index (χ2v) is 17.0. The van der Waals surface area contributed by atoms with Gasteiger partial charge in [0.2, 0.25) is 6.29 Å². The van der Waals surface area contributed by atoms with E-state index in [-0.39, 0.29) is 61.2 Å². The number of aliphatic imine (C=N–C) groups is 1. The fourth-order valence-corrected chi connectivity index (χ4v) is 10.5. The highest BCUT2D eigenvalue weighted by atomic mass is 33.1. The van der Waals surface area contributed by atoms with Crippen molar-refractivity contribution in [2.24, 2.45) is 22.7 Å². The second-order valence-electron chi connectivity index (χ2n) is 14.4. The average molecular weight is 753 g/mol. The van der Waals surface area contributed by atoms with Crippen LogP contribution < -0.4 is 30.2 Å². The lowest BCUT2D eigenvalue weighted by Crippen LogP contribution is -2.57. The number of hydrogen-bond donors (Lipinski definition) is 6. The zero-order valence-corrected chi connectivity index (χ0v) is 32.1. The van der Waals surface area contributed by atoms with Gasteiger partial charge in [-0.25, -0.2) is 0 Å². The minimum Gasteiger partial charge on any atom is -0.504 e. The lowest BCUT2D eigenvalue weighted by atomic mass is 9.78. The summed E-state index contributed by atoms with van der Waals surface area (Å²) in [6.07, 6.45) is 1.44. The predicted octanol–water partition coefficient (Wildman–Crippen LogP) is 3.96. The monoisotopic (exact) mass is 752 g/mol. The van der Waals surface area contributed by atoms with Gasteiger partial charge < -0.3 is 40.2 Å². The summed E-state index contributed by atoms with van der Waals surface area (Å²) in [5, 5.41) is 43.9. The van der Waals surface area contributed by atoms with Gasteiger partial charge in [-0.05, 0) is 68.2 Å². The number of methoxy groups -OCH3 is 1. The number of nitrogens with one attached hydrogen (secondary N) is 3. The van der Waals surface area contributed by atoms with Crippen LogP contribution >= 0.6 is 21.6 Å². The van der Waals surface area contributed by atoms with Gasteiger partial charge in [-0.1, -0.05) is 59.4 Å². The molecule has 1 fully saturated rings. The molecule has 0 unspecified atom stereocenters. The minimum atomic E-state index is -1.07. The predicted molar refractivity (Wildman–Crippen MR) is 206 cm³/mol. The molecule has 3 aliphatic heterocycles. The van der Waals surface area contributed by atoms with Crippen molar-refractivity contribution in [3.05, 3.63) is 46.0 Å². The number of hydrogen-bond acceptors (Lipinski definition) is 13. The highest BCUT2D eigenvalue weighted by Gasteiger charge is 2.42. The van der Waals surface area contributed by atoms with E-state index in [1.807, 2.05) is 21.6 Å². The Morgan fingerprint density at radius 1 is 1.04 bits per heavy atom. The van der Waals surface area contributed by atoms with Gasteiger partial charge in [0.15, 0.2) is 29.0 Å². The van der Waals surface area contributed by atoms with E-state index < -0.39 is 12.4 Å². The lowest BCUT2D eigenvalue weighted by molar-refractivity contribution is -0.121. The van der Waals surface area contributed by atoms with E-state index in [0.29, 0.717) is 61.3 Å². The first-order chi connectivity index (χ1) is 25.2. The molecule has 0 aromatic heterocycles. The van der Waals surface area contributed by atoms with Crippen LogP contribution in [0.4, 0.5) is 0 Å². The average Bonchev–Trinajstić information content (AvgIpc) is 3.12. The molecule has 2 aromatic carbocycles. The van der Waals surface area contributed by atoms with Gasteiger partial charge in [0, 0.05) is 66.4 Å². The van der Waals surface area contributed by atoms with Crippen molar-refractivity contribution in [3.63, 3.8) is 0 Å². The van der Waals surface area contributed by atoms with Crippen molar-refractivity contribution >= 4 is 33.3 Å². The Balaban J connectivity index is 1.38. The summed E-state index contributed by atoms with van der Waals surface area (Å²) < 4.78 is 18.4. The van der Waals surface area contributed by atoms with Crippen molar-refractivity contribution in [3.8, 4) is 34.8 Å². The largest absolute Gasteiger partial charge is 0.504 e. The molecule has 13 heteroatoms. The zero-order valence-electron chi connectivity index (χ0n) is 30.5. The van der Waals surface area contributed by atoms with Crippen LogP contribution in [0.1, 0.15) is 67.3 Å². The molecule has 282 valence electrons. The fraction of sp³-hybridized carbons (Fsp3) is 0.590. The van der Waals surface area contributed by atoms with Crippen LogP contribution in [0, 0.1) is 29.6 Å². The SMILES string of the molecule is CNCOc1c2cc(c3c1O[C@H](O)[C@H]([C@H]1CSSC[C@H](C(C)C)NC4=NCC[C@H]1N4)C3)CC[C@@H](O)CC(=O)CCc1ccc(O)c(OC)c1C#CC2. The van der Waals surface area contributed by atoms with Gasteiger partial charge in [0.05, 0.1) is 18.8 Å². The maximum absolute atomic E-state index is 13.0. The van der Waals surface area contributed by atoms with E-state index >= 15 is 0 Å². The third-order valence-corrected chi connectivity index (χ3v) is 13.0. The van der Waals surface area contributed by atoms with Crippen LogP contribution in [0.3, 0.4) is 0 Å². The third kappa shape index (κ3) is 8.91. The van der Waals surface area contributed by atoms with Gasteiger partial charge in [-0.2, -0.15) is 0 Å². The Bertz CT molecular complexity index is 1690. The molecule has 0 spiro atoms. The Kier molecular flexibility index (Phi) is 13.1. The molecule has 4 aliphatic rings. The summed E-state index contributed by atoms with van der Waals surface area (Å²) in [4.78, 5) is 17.8. The van der Waals surface area contributed by atoms with Gasteiger partial charge >= 0.3 is 0 Å². The lowest BCUT2D eigenvalue weighted by Gasteiger charge is -2.42. The molecule has 6 N–H and O–H groups in total. The number of carbonyl (C=O) groups is 1. The summed E-state index contributed by atoms with van der Waals surface area (Å²) >= 11 is 0. The van der Waals surface area contributed by atoms with Gasteiger partial charge in [0.25, 0.3) is 0 Å². The standard InChI is InChI=1S/C39H52N4O7S2/c1-22(2)33-20-52-51-19-31(32-14-15-41-39(42-32)43-33)30-18-29-24-9-12-27(45)17-26(44)11-8-23-10-13-34(46)36(48-4)28(23)7-5-6-25(16-24)35(49-21-40-3)37(29)50-38(30)47/h10,13,16,22,27,30-33,38,40,45-47H,6,8-9,11-12,14-15,17-21H2,1-4H3,(H2,41,42,43)/t27-,30+,31-,32-,33-,38+/m1/s1. The van der Waals surface area contributed by atoms with Crippen molar-refractivity contribution in [1.29, 1.82) is 0 Å². The van der Waals surface area contributed by atoms with Gasteiger partial charge in [-0.3, -0.25) is 15.1 Å². The highest BCUT2D eigenvalue weighted by Crippen LogP contribution is 2.47. The van der Waals surface area contributed by atoms with E-state index in [0.717, 1.165) is 46.1 Å². The molecule has 3 heterocycles. The van der Waals surface area contributed by atoms with Gasteiger partial charge in [-0.15, -0.1) is 0 Å². The molecule has 1 saturated heterocycles. The van der Waals surface area contributed by atoms with Crippen molar-refractivity contribution in [2.45, 2.75) is 89.7 Å². The van der Waals surface area contributed by atoms with E-state index in [9.17, 15) is 20.1 Å². The van der Waals surface area contributed by atoms with E-state index in [2.05, 4.69) is 47.7 Å². The molecule has 11 nitrogen and oxygen atoms in total. The smallest absolute Gasteiger partial charge is 0.201 e. The number of carbonyl (C=O) groups excluding carboxylic acids is 1. The first kappa shape index (κ1) is 38.4. The number of ketones is 1. The minimum absolute atomic E-state index is 0.0309. The Morgan fingerprint density at radius 3 is 2.65 bits per heavy atom. The number of benzene rings is 2. The summed E-state index contributed by atoms with van der Waals surface area (Å²) in [7, 11) is 7.00. The van der Waals surface area contributed by atoms with Crippen molar-refractivity contribution in [2.75, 3.05) is 38.9 Å². The fourth-order valence-electron chi connectivity index (χ4n) is 7.54. The number of fused-ring (bicyclic) bond motifs is 7. The number of nitrogens with zero attached hydrogens (tertiary/aromatic N) is 1. The number of Topliss-reactive ketones (excluding diaryl/α,β-unsaturated/α-hetero) is 1. The van der Waals surface area contributed by atoms with Gasteiger partial charge in [0.1, 0.15) is 12.5 Å². The summed E-state index contributed by atoms with van der Waals surface area (Å²) in [6, 6.07) is 5.81. The van der Waals surface area contributed by atoms with Crippen LogP contribution in [0.2, 0.25) is 0 Å². The number of phenolic OH excluding ortho intramolecular Hbond substituents is 1. The summed E-state index contributed by atoms with van der Waals surface area (Å²) in [5.74, 6) is 10.6. The Morgan fingerprint density at radius 2 is 1.87 bits per heavy atom. The molecule has 0 amide bonds. The van der Waals surface area contributed by atoms with E-state index in [1.54, 1.807) is 19.2 Å². The third-order valence-electron chi connectivity index (χ3n) is 10.5. The van der Waals surface area contributed by atoms with Crippen LogP contribution in [0.25, 0.3) is 0 Å². The maximum Gasteiger partial charge on any atom is 0.201 e. The molecular formula is C39H52N4O7S2. The van der Waals surface area contributed by atoms with E-state index in [1.165, 1.54) is 7.11 Å². The highest BCUT2D eigenvalue weighted by molar-refractivity contribution is 8.76. The molecule has 52 heavy (non-hydrogen) atoms. The number of aliphatic hydroxyl groups is 2. The normalized spacial score (nSPS) is 26.7. The molecule has 6 atom stereocenters. The molecule has 0 radical (unpaired) electrons. The maximum atomic E-state index is 13.0. The molecule has 4 bridgehead atoms. The van der Waals surface area contributed by atoms with Crippen LogP contribution in [0.15, 0.2) is 23.2 Å². The Hall–Kier alpha value is -3.28. The number of aliphatic hydroxyl groups excluding tert-OH is 2. The van der Waals surface area contributed by atoms with Crippen molar-refractivity contribution < 1.29 is 34.3 Å². The second kappa shape index (κ2) is 17.7. The van der Waals surface area contributed by atoms with Crippen LogP contribution in [-0.4, -0.2) is 90.5 Å². The molecule has 2 aromatic rings. The number of aryl methyl sites for hydroxylation is 2. The summed E-state index contributed by atoms with van der Waals surface area (Å²) in [6.45, 7) is 5.38. The number of aromatic hydroxyl groups is 1. The topological polar surface area (TPSA) is 154 Å². The first-order valence-corrected chi connectivity index (χ1v) is 20.8. The molecule has 6 rings (SSSR count). The molecule has 1 aliphatic carbocycles. The zero-order chi connectivity index (χ0) is 36.8. The first-order valence-electron chi connectivity index (χ1n) is 18.4. The number of phenols is 1. The quantitative estimate of drug-likeness (QED) is 0.144. The van der Waals surface area contributed by atoms with E-state index in [4.69, 9.17) is 19.2 Å². The molecular weight excluding hydrogens is 701 g/mol.